The smallest absolute Gasteiger partial charge is 0.351 e. The molecule has 1 aromatic heterocycles. The zero-order valence-corrected chi connectivity index (χ0v) is 15.2. The van der Waals surface area contributed by atoms with Gasteiger partial charge in [-0.3, -0.25) is 19.3 Å². The van der Waals surface area contributed by atoms with Crippen LogP contribution in [0.3, 0.4) is 0 Å². The van der Waals surface area contributed by atoms with Crippen molar-refractivity contribution in [3.05, 3.63) is 22.7 Å². The molecular formula is C16H22F2N6O4. The fourth-order valence-corrected chi connectivity index (χ4v) is 3.56. The van der Waals surface area contributed by atoms with Crippen LogP contribution < -0.4 is 17.2 Å². The number of hydrogen-bond acceptors (Lipinski definition) is 8. The van der Waals surface area contributed by atoms with Crippen LogP contribution in [0.4, 0.5) is 14.6 Å². The van der Waals surface area contributed by atoms with Crippen LogP contribution >= 0.6 is 0 Å². The predicted octanol–water partition coefficient (Wildman–Crippen LogP) is -1.40. The van der Waals surface area contributed by atoms with Crippen LogP contribution in [-0.4, -0.2) is 76.0 Å². The van der Waals surface area contributed by atoms with Gasteiger partial charge in [-0.2, -0.15) is 13.8 Å². The van der Waals surface area contributed by atoms with E-state index in [1.165, 1.54) is 13.1 Å². The van der Waals surface area contributed by atoms with Crippen LogP contribution in [0, 0.1) is 5.92 Å². The van der Waals surface area contributed by atoms with Crippen molar-refractivity contribution in [2.24, 2.45) is 16.6 Å². The van der Waals surface area contributed by atoms with E-state index in [0.29, 0.717) is 23.2 Å². The summed E-state index contributed by atoms with van der Waals surface area (Å²) in [5.74, 6) is -4.80. The number of halogens is 2. The molecule has 3 heterocycles. The molecule has 2 aliphatic rings. The molecular weight excluding hydrogens is 378 g/mol. The molecule has 1 amide bonds. The number of carbonyl (C=O) groups excluding carboxylic acids is 1. The van der Waals surface area contributed by atoms with Crippen molar-refractivity contribution in [3.8, 4) is 0 Å². The second kappa shape index (κ2) is 7.53. The third-order valence-corrected chi connectivity index (χ3v) is 5.07. The Bertz CT molecular complexity index is 845. The number of hydrogen-bond donors (Lipinski definition) is 3. The summed E-state index contributed by atoms with van der Waals surface area (Å²) in [6.07, 6.45) is -3.94. The molecule has 12 heteroatoms. The van der Waals surface area contributed by atoms with Crippen LogP contribution in [0.2, 0.25) is 0 Å². The Morgan fingerprint density at radius 1 is 1.54 bits per heavy atom. The molecule has 0 spiro atoms. The molecule has 2 aliphatic heterocycles. The first-order valence-electron chi connectivity index (χ1n) is 8.68. The summed E-state index contributed by atoms with van der Waals surface area (Å²) in [5, 5.41) is 10.1. The molecule has 0 aromatic carbocycles. The van der Waals surface area contributed by atoms with Gasteiger partial charge in [-0.15, -0.1) is 0 Å². The molecule has 1 aromatic rings. The number of nitrogens with zero attached hydrogens (tertiary/aromatic N) is 4. The van der Waals surface area contributed by atoms with Crippen LogP contribution in [0.5, 0.6) is 0 Å². The number of amides is 1. The van der Waals surface area contributed by atoms with Gasteiger partial charge in [0.25, 0.3) is 0 Å². The van der Waals surface area contributed by atoms with E-state index in [9.17, 15) is 23.5 Å². The van der Waals surface area contributed by atoms with Gasteiger partial charge in [0.1, 0.15) is 18.0 Å². The molecule has 0 aliphatic carbocycles. The number of carbonyl (C=O) groups is 1. The Morgan fingerprint density at radius 3 is 2.86 bits per heavy atom. The lowest BCUT2D eigenvalue weighted by Crippen LogP contribution is -2.50. The van der Waals surface area contributed by atoms with Gasteiger partial charge < -0.3 is 21.3 Å². The van der Waals surface area contributed by atoms with Gasteiger partial charge in [0.05, 0.1) is 5.92 Å². The zero-order valence-electron chi connectivity index (χ0n) is 15.2. The molecule has 2 fully saturated rings. The number of aliphatic imine (C=N–C) groups is 1. The van der Waals surface area contributed by atoms with Crippen molar-refractivity contribution in [2.45, 2.75) is 30.8 Å². The molecule has 10 nitrogen and oxygen atoms in total. The number of nitrogens with two attached hydrogens (primary N) is 2. The average Bonchev–Trinajstić information content (AvgIpc) is 2.85. The summed E-state index contributed by atoms with van der Waals surface area (Å²) in [4.78, 5) is 32.6. The van der Waals surface area contributed by atoms with Gasteiger partial charge in [-0.05, 0) is 19.0 Å². The first-order chi connectivity index (χ1) is 13.1. The number of rotatable bonds is 4. The van der Waals surface area contributed by atoms with E-state index in [2.05, 4.69) is 9.98 Å². The van der Waals surface area contributed by atoms with Crippen molar-refractivity contribution in [1.29, 1.82) is 0 Å². The molecule has 1 unspecified atom stereocenters. The fourth-order valence-electron chi connectivity index (χ4n) is 3.56. The number of anilines is 1. The molecule has 0 bridgehead atoms. The minimum Gasteiger partial charge on any atom is -0.384 e. The zero-order chi connectivity index (χ0) is 20.6. The number of alkyl halides is 2. The monoisotopic (exact) mass is 400 g/mol. The molecule has 0 saturated carbocycles. The number of primary amides is 1. The van der Waals surface area contributed by atoms with Crippen molar-refractivity contribution >= 4 is 17.4 Å². The van der Waals surface area contributed by atoms with Gasteiger partial charge in [0, 0.05) is 32.0 Å². The maximum atomic E-state index is 14.6. The molecule has 5 N–H and O–H groups in total. The van der Waals surface area contributed by atoms with Gasteiger partial charge in [0.2, 0.25) is 12.1 Å². The largest absolute Gasteiger partial charge is 0.384 e. The van der Waals surface area contributed by atoms with Crippen LogP contribution in [0.15, 0.2) is 22.1 Å². The third kappa shape index (κ3) is 3.62. The van der Waals surface area contributed by atoms with Gasteiger partial charge in [0.15, 0.2) is 0 Å². The molecule has 2 saturated heterocycles. The van der Waals surface area contributed by atoms with E-state index in [1.54, 1.807) is 4.90 Å². The highest BCUT2D eigenvalue weighted by molar-refractivity contribution is 6.05. The van der Waals surface area contributed by atoms with Gasteiger partial charge in [-0.25, -0.2) is 4.79 Å². The number of ether oxygens (including phenoxy) is 1. The SMILES string of the molecule is CN=C1CN(C[C@H]2O[C@@H](n3ccc(N)nc3=O)C(F)(F)[C@@H]2O)CCC1C(N)=O. The first kappa shape index (κ1) is 20.3. The van der Waals surface area contributed by atoms with E-state index >= 15 is 0 Å². The van der Waals surface area contributed by atoms with E-state index in [0.717, 1.165) is 6.20 Å². The molecule has 154 valence electrons. The number of aliphatic hydroxyl groups excluding tert-OH is 1. The van der Waals surface area contributed by atoms with Gasteiger partial charge in [-0.1, -0.05) is 0 Å². The second-order valence-corrected chi connectivity index (χ2v) is 6.88. The van der Waals surface area contributed by atoms with Gasteiger partial charge >= 0.3 is 11.6 Å². The number of aliphatic hydroxyl groups is 1. The van der Waals surface area contributed by atoms with E-state index in [1.807, 2.05) is 0 Å². The maximum Gasteiger partial charge on any atom is 0.351 e. The number of aromatic nitrogens is 2. The summed E-state index contributed by atoms with van der Waals surface area (Å²) >= 11 is 0. The van der Waals surface area contributed by atoms with E-state index < -0.39 is 41.9 Å². The highest BCUT2D eigenvalue weighted by atomic mass is 19.3. The van der Waals surface area contributed by atoms with Crippen molar-refractivity contribution in [1.82, 2.24) is 14.5 Å². The standard InChI is InChI=1S/C16H22F2N6O4/c1-21-9-6-23(4-2-8(9)13(20)26)7-10-12(25)16(17,18)14(28-10)24-5-3-11(19)22-15(24)27/h3,5,8,10,12,14,25H,2,4,6-7H2,1H3,(H2,20,26)(H2,19,22,27)/t8?,10-,12-,14-/m1/s1. The summed E-state index contributed by atoms with van der Waals surface area (Å²) in [6.45, 7) is 0.615. The Kier molecular flexibility index (Phi) is 5.46. The lowest BCUT2D eigenvalue weighted by molar-refractivity contribution is -0.140. The molecule has 3 rings (SSSR count). The topological polar surface area (TPSA) is 149 Å². The van der Waals surface area contributed by atoms with Crippen LogP contribution in [0.1, 0.15) is 12.6 Å². The van der Waals surface area contributed by atoms with Crippen LogP contribution in [0.25, 0.3) is 0 Å². The van der Waals surface area contributed by atoms with Crippen LogP contribution in [-0.2, 0) is 9.53 Å². The molecule has 28 heavy (non-hydrogen) atoms. The predicted molar refractivity (Wildman–Crippen MR) is 94.9 cm³/mol. The Labute approximate surface area is 158 Å². The summed E-state index contributed by atoms with van der Waals surface area (Å²) in [7, 11) is 1.53. The number of piperidine rings is 1. The van der Waals surface area contributed by atoms with E-state index in [-0.39, 0.29) is 18.9 Å². The van der Waals surface area contributed by atoms with E-state index in [4.69, 9.17) is 16.2 Å². The summed E-state index contributed by atoms with van der Waals surface area (Å²) < 4.78 is 35.1. The molecule has 0 radical (unpaired) electrons. The highest BCUT2D eigenvalue weighted by Crippen LogP contribution is 2.42. The molecule has 4 atom stereocenters. The number of nitrogen functional groups attached to an aromatic ring is 1. The maximum absolute atomic E-state index is 14.6. The highest BCUT2D eigenvalue weighted by Gasteiger charge is 2.59. The second-order valence-electron chi connectivity index (χ2n) is 6.88. The average molecular weight is 400 g/mol. The third-order valence-electron chi connectivity index (χ3n) is 5.07. The minimum atomic E-state index is -3.71. The summed E-state index contributed by atoms with van der Waals surface area (Å²) in [6, 6.07) is 1.19. The quantitative estimate of drug-likeness (QED) is 0.562. The minimum absolute atomic E-state index is 0.0328. The van der Waals surface area contributed by atoms with Crippen molar-refractivity contribution in [3.63, 3.8) is 0 Å². The lowest BCUT2D eigenvalue weighted by atomic mass is 9.93. The van der Waals surface area contributed by atoms with Crippen molar-refractivity contribution in [2.75, 3.05) is 32.4 Å². The lowest BCUT2D eigenvalue weighted by Gasteiger charge is -2.33. The van der Waals surface area contributed by atoms with Crippen molar-refractivity contribution < 1.29 is 23.4 Å². The fraction of sp³-hybridized carbons (Fsp3) is 0.625. The Morgan fingerprint density at radius 2 is 2.25 bits per heavy atom. The normalized spacial score (nSPS) is 31.9. The number of likely N-dealkylation sites (tertiary alicyclic amines) is 1. The Balaban J connectivity index is 1.76. The Hall–Kier alpha value is -2.44. The summed E-state index contributed by atoms with van der Waals surface area (Å²) in [5.41, 5.74) is 10.3. The first-order valence-corrected chi connectivity index (χ1v) is 8.68.